The van der Waals surface area contributed by atoms with Crippen molar-refractivity contribution in [3.63, 3.8) is 0 Å². The van der Waals surface area contributed by atoms with Gasteiger partial charge in [-0.3, -0.25) is 4.98 Å². The van der Waals surface area contributed by atoms with Crippen molar-refractivity contribution < 1.29 is 5.11 Å². The third kappa shape index (κ3) is 2.04. The van der Waals surface area contributed by atoms with Gasteiger partial charge >= 0.3 is 0 Å². The summed E-state index contributed by atoms with van der Waals surface area (Å²) in [5.41, 5.74) is 1.79. The minimum Gasteiger partial charge on any atom is -0.383 e. The first kappa shape index (κ1) is 10.6. The van der Waals surface area contributed by atoms with Crippen molar-refractivity contribution in [1.29, 1.82) is 0 Å². The molecule has 2 nitrogen and oxygen atoms in total. The molecule has 0 saturated carbocycles. The van der Waals surface area contributed by atoms with E-state index in [-0.39, 0.29) is 0 Å². The van der Waals surface area contributed by atoms with Crippen LogP contribution in [0.15, 0.2) is 29.9 Å². The maximum atomic E-state index is 10.1. The minimum absolute atomic E-state index is 0.498. The van der Waals surface area contributed by atoms with Crippen LogP contribution < -0.4 is 0 Å². The minimum atomic E-state index is -0.652. The molecule has 0 aliphatic carbocycles. The summed E-state index contributed by atoms with van der Waals surface area (Å²) in [4.78, 5) is 4.82. The third-order valence-corrected chi connectivity index (χ3v) is 3.64. The maximum Gasteiger partial charge on any atom is 0.115 e. The topological polar surface area (TPSA) is 33.1 Å². The summed E-state index contributed by atoms with van der Waals surface area (Å²) in [6.45, 7) is 1.98. The second-order valence-corrected chi connectivity index (χ2v) is 4.62. The molecule has 0 saturated heterocycles. The molecule has 0 fully saturated rings. The van der Waals surface area contributed by atoms with Crippen LogP contribution in [0.3, 0.4) is 0 Å². The summed E-state index contributed by atoms with van der Waals surface area (Å²) in [5.74, 6) is 0. The van der Waals surface area contributed by atoms with Crippen LogP contribution in [0.5, 0.6) is 0 Å². The second kappa shape index (κ2) is 4.31. The van der Waals surface area contributed by atoms with Crippen LogP contribution in [-0.4, -0.2) is 10.1 Å². The van der Waals surface area contributed by atoms with Crippen LogP contribution in [0.1, 0.15) is 22.1 Å². The molecule has 78 valence electrons. The van der Waals surface area contributed by atoms with Crippen LogP contribution >= 0.6 is 22.9 Å². The molecular formula is C11H10ClNOS. The number of pyridine rings is 1. The fourth-order valence-electron chi connectivity index (χ4n) is 1.41. The molecule has 1 N–H and O–H groups in total. The number of halogens is 1. The van der Waals surface area contributed by atoms with Gasteiger partial charge in [0, 0.05) is 22.8 Å². The number of hydrogen-bond acceptors (Lipinski definition) is 3. The van der Waals surface area contributed by atoms with Gasteiger partial charge in [0.15, 0.2) is 0 Å². The number of aliphatic hydroxyl groups excluding tert-OH is 1. The van der Waals surface area contributed by atoms with E-state index in [0.29, 0.717) is 10.6 Å². The first-order valence-corrected chi connectivity index (χ1v) is 5.77. The van der Waals surface area contributed by atoms with Gasteiger partial charge in [-0.25, -0.2) is 0 Å². The average molecular weight is 240 g/mol. The van der Waals surface area contributed by atoms with Crippen molar-refractivity contribution in [3.8, 4) is 0 Å². The van der Waals surface area contributed by atoms with Crippen molar-refractivity contribution >= 4 is 22.9 Å². The summed E-state index contributed by atoms with van der Waals surface area (Å²) in [6, 6.07) is 3.73. The average Bonchev–Trinajstić information content (AvgIpc) is 2.64. The zero-order chi connectivity index (χ0) is 10.8. The monoisotopic (exact) mass is 239 g/mol. The smallest absolute Gasteiger partial charge is 0.115 e. The maximum absolute atomic E-state index is 10.1. The van der Waals surface area contributed by atoms with E-state index < -0.39 is 6.10 Å². The number of aryl methyl sites for hydroxylation is 1. The standard InChI is InChI=1S/C11H10ClNOS/c1-7-3-5-15-11(7)10(14)8-2-4-13-6-9(8)12/h2-6,10,14H,1H3. The van der Waals surface area contributed by atoms with Crippen LogP contribution in [0.4, 0.5) is 0 Å². The third-order valence-electron chi connectivity index (χ3n) is 2.25. The number of aromatic nitrogens is 1. The van der Waals surface area contributed by atoms with E-state index in [2.05, 4.69) is 4.98 Å². The number of nitrogens with zero attached hydrogens (tertiary/aromatic N) is 1. The lowest BCUT2D eigenvalue weighted by Crippen LogP contribution is -1.99. The molecule has 2 aromatic rings. The molecule has 2 rings (SSSR count). The predicted octanol–water partition coefficient (Wildman–Crippen LogP) is 3.19. The summed E-state index contributed by atoms with van der Waals surface area (Å²) < 4.78 is 0. The molecule has 0 amide bonds. The Morgan fingerprint density at radius 1 is 1.47 bits per heavy atom. The van der Waals surface area contributed by atoms with E-state index in [9.17, 15) is 5.11 Å². The lowest BCUT2D eigenvalue weighted by atomic mass is 10.1. The van der Waals surface area contributed by atoms with E-state index in [0.717, 1.165) is 10.4 Å². The molecule has 0 radical (unpaired) electrons. The van der Waals surface area contributed by atoms with Gasteiger partial charge in [-0.15, -0.1) is 11.3 Å². The molecule has 4 heteroatoms. The number of aliphatic hydroxyl groups is 1. The Bertz CT molecular complexity index is 469. The van der Waals surface area contributed by atoms with Crippen molar-refractivity contribution in [2.45, 2.75) is 13.0 Å². The van der Waals surface area contributed by atoms with Gasteiger partial charge < -0.3 is 5.11 Å². The van der Waals surface area contributed by atoms with Crippen LogP contribution in [0.2, 0.25) is 5.02 Å². The van der Waals surface area contributed by atoms with E-state index in [1.165, 1.54) is 11.3 Å². The Kier molecular flexibility index (Phi) is 3.05. The first-order valence-electron chi connectivity index (χ1n) is 4.51. The summed E-state index contributed by atoms with van der Waals surface area (Å²) in [5, 5.41) is 12.6. The van der Waals surface area contributed by atoms with Gasteiger partial charge in [-0.1, -0.05) is 11.6 Å². The van der Waals surface area contributed by atoms with Crippen molar-refractivity contribution in [1.82, 2.24) is 4.98 Å². The molecule has 15 heavy (non-hydrogen) atoms. The molecule has 2 heterocycles. The van der Waals surface area contributed by atoms with Crippen molar-refractivity contribution in [2.24, 2.45) is 0 Å². The highest BCUT2D eigenvalue weighted by Gasteiger charge is 2.16. The Hall–Kier alpha value is -0.900. The molecule has 0 aliphatic rings. The molecule has 0 bridgehead atoms. The van der Waals surface area contributed by atoms with Crippen molar-refractivity contribution in [2.75, 3.05) is 0 Å². The Balaban J connectivity index is 2.41. The Morgan fingerprint density at radius 3 is 2.87 bits per heavy atom. The van der Waals surface area contributed by atoms with E-state index >= 15 is 0 Å². The molecule has 1 unspecified atom stereocenters. The van der Waals surface area contributed by atoms with E-state index in [4.69, 9.17) is 11.6 Å². The molecule has 0 aliphatic heterocycles. The van der Waals surface area contributed by atoms with Crippen LogP contribution in [0, 0.1) is 6.92 Å². The highest BCUT2D eigenvalue weighted by atomic mass is 35.5. The van der Waals surface area contributed by atoms with E-state index in [1.54, 1.807) is 18.5 Å². The van der Waals surface area contributed by atoms with Gasteiger partial charge in [0.05, 0.1) is 5.02 Å². The highest BCUT2D eigenvalue weighted by Crippen LogP contribution is 2.32. The van der Waals surface area contributed by atoms with Gasteiger partial charge in [-0.2, -0.15) is 0 Å². The lowest BCUT2D eigenvalue weighted by Gasteiger charge is -2.11. The molecule has 0 aromatic carbocycles. The van der Waals surface area contributed by atoms with Crippen LogP contribution in [0.25, 0.3) is 0 Å². The zero-order valence-electron chi connectivity index (χ0n) is 8.14. The predicted molar refractivity (Wildman–Crippen MR) is 62.4 cm³/mol. The van der Waals surface area contributed by atoms with Crippen LogP contribution in [-0.2, 0) is 0 Å². The molecule has 2 aromatic heterocycles. The first-order chi connectivity index (χ1) is 7.20. The number of thiophene rings is 1. The van der Waals surface area contributed by atoms with Gasteiger partial charge in [0.1, 0.15) is 6.10 Å². The lowest BCUT2D eigenvalue weighted by molar-refractivity contribution is 0.223. The fraction of sp³-hybridized carbons (Fsp3) is 0.182. The number of rotatable bonds is 2. The zero-order valence-corrected chi connectivity index (χ0v) is 9.72. The van der Waals surface area contributed by atoms with Gasteiger partial charge in [0.2, 0.25) is 0 Å². The Labute approximate surface area is 97.2 Å². The normalized spacial score (nSPS) is 12.7. The second-order valence-electron chi connectivity index (χ2n) is 3.27. The van der Waals surface area contributed by atoms with Gasteiger partial charge in [0.25, 0.3) is 0 Å². The largest absolute Gasteiger partial charge is 0.383 e. The SMILES string of the molecule is Cc1ccsc1C(O)c1ccncc1Cl. The quantitative estimate of drug-likeness (QED) is 0.873. The molecule has 0 spiro atoms. The number of hydrogen-bond donors (Lipinski definition) is 1. The van der Waals surface area contributed by atoms with E-state index in [1.807, 2.05) is 18.4 Å². The molecule has 1 atom stereocenters. The Morgan fingerprint density at radius 2 is 2.27 bits per heavy atom. The summed E-state index contributed by atoms with van der Waals surface area (Å²) in [6.07, 6.45) is 2.52. The van der Waals surface area contributed by atoms with Crippen molar-refractivity contribution in [3.05, 3.63) is 50.9 Å². The molecular weight excluding hydrogens is 230 g/mol. The summed E-state index contributed by atoms with van der Waals surface area (Å²) >= 11 is 7.50. The highest BCUT2D eigenvalue weighted by molar-refractivity contribution is 7.10. The van der Waals surface area contributed by atoms with Gasteiger partial charge in [-0.05, 0) is 30.0 Å². The summed E-state index contributed by atoms with van der Waals surface area (Å²) in [7, 11) is 0. The fourth-order valence-corrected chi connectivity index (χ4v) is 2.56.